The summed E-state index contributed by atoms with van der Waals surface area (Å²) in [7, 11) is 0. The molecule has 0 saturated heterocycles. The SMILES string of the molecule is CCc1oc(C(=O)N2Cc3ccccc3OC[C@H]2C)cc1C. The summed E-state index contributed by atoms with van der Waals surface area (Å²) in [5.74, 6) is 2.08. The van der Waals surface area contributed by atoms with Gasteiger partial charge in [-0.15, -0.1) is 0 Å². The van der Waals surface area contributed by atoms with Crippen molar-refractivity contribution < 1.29 is 13.9 Å². The van der Waals surface area contributed by atoms with Crippen LogP contribution in [-0.4, -0.2) is 23.5 Å². The lowest BCUT2D eigenvalue weighted by Crippen LogP contribution is -2.39. The number of carbonyl (C=O) groups is 1. The summed E-state index contributed by atoms with van der Waals surface area (Å²) in [4.78, 5) is 14.7. The second-order valence-electron chi connectivity index (χ2n) is 5.77. The molecular weight excluding hydrogens is 278 g/mol. The normalized spacial score (nSPS) is 17.6. The molecule has 0 N–H and O–H groups in total. The van der Waals surface area contributed by atoms with Crippen molar-refractivity contribution in [3.05, 3.63) is 53.0 Å². The molecular formula is C18H21NO3. The second-order valence-corrected chi connectivity index (χ2v) is 5.77. The number of ether oxygens (including phenoxy) is 1. The molecule has 0 aliphatic carbocycles. The van der Waals surface area contributed by atoms with E-state index in [9.17, 15) is 4.79 Å². The highest BCUT2D eigenvalue weighted by atomic mass is 16.5. The number of fused-ring (bicyclic) bond motifs is 1. The van der Waals surface area contributed by atoms with Gasteiger partial charge in [-0.3, -0.25) is 4.79 Å². The maximum absolute atomic E-state index is 12.8. The molecule has 0 bridgehead atoms. The summed E-state index contributed by atoms with van der Waals surface area (Å²) in [6, 6.07) is 9.69. The molecule has 4 nitrogen and oxygen atoms in total. The van der Waals surface area contributed by atoms with E-state index >= 15 is 0 Å². The molecule has 0 saturated carbocycles. The molecule has 1 atom stereocenters. The van der Waals surface area contributed by atoms with E-state index < -0.39 is 0 Å². The first kappa shape index (κ1) is 14.7. The predicted octanol–water partition coefficient (Wildman–Crippen LogP) is 3.57. The van der Waals surface area contributed by atoms with Gasteiger partial charge in [0.25, 0.3) is 5.91 Å². The average molecular weight is 299 g/mol. The Morgan fingerprint density at radius 3 is 2.86 bits per heavy atom. The van der Waals surface area contributed by atoms with Crippen LogP contribution in [0.15, 0.2) is 34.7 Å². The van der Waals surface area contributed by atoms with E-state index in [1.807, 2.05) is 56.0 Å². The van der Waals surface area contributed by atoms with Crippen LogP contribution in [0.1, 0.15) is 41.3 Å². The Balaban J connectivity index is 1.90. The minimum atomic E-state index is -0.0735. The van der Waals surface area contributed by atoms with Gasteiger partial charge < -0.3 is 14.1 Å². The van der Waals surface area contributed by atoms with Crippen molar-refractivity contribution in [1.82, 2.24) is 4.90 Å². The highest BCUT2D eigenvalue weighted by Crippen LogP contribution is 2.26. The molecule has 1 aromatic heterocycles. The van der Waals surface area contributed by atoms with Crippen LogP contribution in [0.5, 0.6) is 5.75 Å². The number of furan rings is 1. The number of carbonyl (C=O) groups excluding carboxylic acids is 1. The van der Waals surface area contributed by atoms with Crippen LogP contribution in [0, 0.1) is 6.92 Å². The van der Waals surface area contributed by atoms with E-state index in [-0.39, 0.29) is 11.9 Å². The summed E-state index contributed by atoms with van der Waals surface area (Å²) < 4.78 is 11.5. The zero-order valence-corrected chi connectivity index (χ0v) is 13.3. The number of para-hydroxylation sites is 1. The standard InChI is InChI=1S/C18H21NO3/c1-4-15-12(2)9-17(22-15)18(20)19-10-14-7-5-6-8-16(14)21-11-13(19)3/h5-9,13H,4,10-11H2,1-3H3/t13-/m1/s1. The highest BCUT2D eigenvalue weighted by molar-refractivity contribution is 5.92. The lowest BCUT2D eigenvalue weighted by atomic mass is 10.1. The predicted molar refractivity (Wildman–Crippen MR) is 84.1 cm³/mol. The highest BCUT2D eigenvalue weighted by Gasteiger charge is 2.28. The first-order chi connectivity index (χ1) is 10.6. The summed E-state index contributed by atoms with van der Waals surface area (Å²) >= 11 is 0. The average Bonchev–Trinajstić information content (AvgIpc) is 2.82. The van der Waals surface area contributed by atoms with Crippen LogP contribution >= 0.6 is 0 Å². The molecule has 2 heterocycles. The molecule has 1 aliphatic heterocycles. The molecule has 0 radical (unpaired) electrons. The fourth-order valence-corrected chi connectivity index (χ4v) is 2.80. The molecule has 1 aliphatic rings. The van der Waals surface area contributed by atoms with Crippen molar-refractivity contribution in [2.75, 3.05) is 6.61 Å². The van der Waals surface area contributed by atoms with Crippen molar-refractivity contribution >= 4 is 5.91 Å². The Morgan fingerprint density at radius 1 is 1.36 bits per heavy atom. The second kappa shape index (κ2) is 5.87. The van der Waals surface area contributed by atoms with Gasteiger partial charge in [-0.2, -0.15) is 0 Å². The third-order valence-corrected chi connectivity index (χ3v) is 4.14. The smallest absolute Gasteiger partial charge is 0.290 e. The Bertz CT molecular complexity index is 689. The fraction of sp³-hybridized carbons (Fsp3) is 0.389. The monoisotopic (exact) mass is 299 g/mol. The minimum Gasteiger partial charge on any atom is -0.491 e. The molecule has 4 heteroatoms. The zero-order valence-electron chi connectivity index (χ0n) is 13.3. The molecule has 3 rings (SSSR count). The molecule has 0 spiro atoms. The van der Waals surface area contributed by atoms with Crippen LogP contribution in [0.4, 0.5) is 0 Å². The molecule has 1 aromatic carbocycles. The first-order valence-electron chi connectivity index (χ1n) is 7.71. The van der Waals surface area contributed by atoms with Crippen LogP contribution in [0.3, 0.4) is 0 Å². The number of benzene rings is 1. The van der Waals surface area contributed by atoms with E-state index in [1.54, 1.807) is 0 Å². The van der Waals surface area contributed by atoms with Gasteiger partial charge in [-0.25, -0.2) is 0 Å². The Morgan fingerprint density at radius 2 is 2.14 bits per heavy atom. The molecule has 0 fully saturated rings. The number of aryl methyl sites for hydroxylation is 2. The molecule has 2 aromatic rings. The topological polar surface area (TPSA) is 42.7 Å². The Labute approximate surface area is 130 Å². The lowest BCUT2D eigenvalue weighted by Gasteiger charge is -2.25. The number of amides is 1. The number of rotatable bonds is 2. The Kier molecular flexibility index (Phi) is 3.92. The minimum absolute atomic E-state index is 0.00428. The van der Waals surface area contributed by atoms with E-state index in [0.717, 1.165) is 29.1 Å². The van der Waals surface area contributed by atoms with Gasteiger partial charge in [-0.05, 0) is 31.5 Å². The quantitative estimate of drug-likeness (QED) is 0.851. The van der Waals surface area contributed by atoms with Crippen molar-refractivity contribution in [1.29, 1.82) is 0 Å². The lowest BCUT2D eigenvalue weighted by molar-refractivity contribution is 0.0611. The van der Waals surface area contributed by atoms with Crippen molar-refractivity contribution in [3.8, 4) is 5.75 Å². The number of hydrogen-bond acceptors (Lipinski definition) is 3. The number of nitrogens with zero attached hydrogens (tertiary/aromatic N) is 1. The molecule has 0 unspecified atom stereocenters. The zero-order chi connectivity index (χ0) is 15.7. The summed E-state index contributed by atoms with van der Waals surface area (Å²) in [6.07, 6.45) is 0.792. The van der Waals surface area contributed by atoms with Gasteiger partial charge in [0.1, 0.15) is 18.1 Å². The Hall–Kier alpha value is -2.23. The maximum Gasteiger partial charge on any atom is 0.290 e. The van der Waals surface area contributed by atoms with E-state index in [0.29, 0.717) is 18.9 Å². The van der Waals surface area contributed by atoms with Gasteiger partial charge in [0.05, 0.1) is 12.6 Å². The van der Waals surface area contributed by atoms with Gasteiger partial charge in [0.15, 0.2) is 5.76 Å². The largest absolute Gasteiger partial charge is 0.491 e. The van der Waals surface area contributed by atoms with Crippen LogP contribution in [0.2, 0.25) is 0 Å². The van der Waals surface area contributed by atoms with Crippen LogP contribution in [0.25, 0.3) is 0 Å². The van der Waals surface area contributed by atoms with Gasteiger partial charge in [0, 0.05) is 12.0 Å². The molecule has 116 valence electrons. The van der Waals surface area contributed by atoms with Crippen LogP contribution < -0.4 is 4.74 Å². The summed E-state index contributed by atoms with van der Waals surface area (Å²) in [6.45, 7) is 7.03. The van der Waals surface area contributed by atoms with Crippen molar-refractivity contribution in [2.45, 2.75) is 39.8 Å². The van der Waals surface area contributed by atoms with Gasteiger partial charge in [0.2, 0.25) is 0 Å². The molecule has 1 amide bonds. The fourth-order valence-electron chi connectivity index (χ4n) is 2.80. The van der Waals surface area contributed by atoms with E-state index in [2.05, 4.69) is 0 Å². The van der Waals surface area contributed by atoms with E-state index in [4.69, 9.17) is 9.15 Å². The number of hydrogen-bond donors (Lipinski definition) is 0. The van der Waals surface area contributed by atoms with Crippen molar-refractivity contribution in [3.63, 3.8) is 0 Å². The third kappa shape index (κ3) is 2.61. The third-order valence-electron chi connectivity index (χ3n) is 4.14. The summed E-state index contributed by atoms with van der Waals surface area (Å²) in [5, 5.41) is 0. The molecule has 22 heavy (non-hydrogen) atoms. The summed E-state index contributed by atoms with van der Waals surface area (Å²) in [5.41, 5.74) is 2.06. The van der Waals surface area contributed by atoms with Crippen LogP contribution in [-0.2, 0) is 13.0 Å². The first-order valence-corrected chi connectivity index (χ1v) is 7.71. The van der Waals surface area contributed by atoms with E-state index in [1.165, 1.54) is 0 Å². The van der Waals surface area contributed by atoms with Gasteiger partial charge in [-0.1, -0.05) is 25.1 Å². The van der Waals surface area contributed by atoms with Crippen molar-refractivity contribution in [2.24, 2.45) is 0 Å². The maximum atomic E-state index is 12.8. The van der Waals surface area contributed by atoms with Gasteiger partial charge >= 0.3 is 0 Å².